The minimum absolute atomic E-state index is 0.0370. The van der Waals surface area contributed by atoms with Crippen LogP contribution in [0.1, 0.15) is 19.3 Å². The number of halogens is 3. The van der Waals surface area contributed by atoms with Crippen LogP contribution in [0.5, 0.6) is 0 Å². The van der Waals surface area contributed by atoms with Crippen molar-refractivity contribution in [3.63, 3.8) is 0 Å². The number of carbonyl (C=O) groups excluding carboxylic acids is 1. The highest BCUT2D eigenvalue weighted by atomic mass is 19.4. The molecule has 0 fully saturated rings. The van der Waals surface area contributed by atoms with Gasteiger partial charge in [-0.3, -0.25) is 4.79 Å². The van der Waals surface area contributed by atoms with Crippen molar-refractivity contribution >= 4 is 5.97 Å². The zero-order chi connectivity index (χ0) is 11.9. The third-order valence-corrected chi connectivity index (χ3v) is 1.93. The van der Waals surface area contributed by atoms with Gasteiger partial charge >= 0.3 is 12.1 Å². The van der Waals surface area contributed by atoms with Crippen molar-refractivity contribution in [2.45, 2.75) is 25.4 Å². The first kappa shape index (κ1) is 14.2. The molecule has 6 heteroatoms. The lowest BCUT2D eigenvalue weighted by molar-refractivity contribution is -0.141. The fourth-order valence-electron chi connectivity index (χ4n) is 1.02. The summed E-state index contributed by atoms with van der Waals surface area (Å²) >= 11 is 0. The number of nitrogens with zero attached hydrogens (tertiary/aromatic N) is 1. The van der Waals surface area contributed by atoms with E-state index in [1.54, 1.807) is 11.9 Å². The first-order chi connectivity index (χ1) is 6.85. The Bertz CT molecular complexity index is 194. The number of ether oxygens (including phenoxy) is 1. The summed E-state index contributed by atoms with van der Waals surface area (Å²) in [4.78, 5) is 12.2. The monoisotopic (exact) mass is 227 g/mol. The Balaban J connectivity index is 3.49. The molecule has 0 aliphatic rings. The van der Waals surface area contributed by atoms with Crippen molar-refractivity contribution in [2.75, 3.05) is 27.2 Å². The van der Waals surface area contributed by atoms with Gasteiger partial charge < -0.3 is 9.64 Å². The highest BCUT2D eigenvalue weighted by Gasteiger charge is 2.26. The van der Waals surface area contributed by atoms with Crippen molar-refractivity contribution in [1.82, 2.24) is 4.90 Å². The van der Waals surface area contributed by atoms with E-state index in [0.717, 1.165) is 0 Å². The smallest absolute Gasteiger partial charge is 0.390 e. The Kier molecular flexibility index (Phi) is 6.31. The summed E-state index contributed by atoms with van der Waals surface area (Å²) in [6, 6.07) is 0. The van der Waals surface area contributed by atoms with Crippen molar-refractivity contribution < 1.29 is 22.7 Å². The van der Waals surface area contributed by atoms with Crippen LogP contribution in [-0.2, 0) is 9.53 Å². The summed E-state index contributed by atoms with van der Waals surface area (Å²) in [7, 11) is 2.89. The SMILES string of the molecule is COC(=O)CCCN(C)CCC(F)(F)F. The summed E-state index contributed by atoms with van der Waals surface area (Å²) < 4.78 is 39.9. The van der Waals surface area contributed by atoms with E-state index in [9.17, 15) is 18.0 Å². The van der Waals surface area contributed by atoms with Gasteiger partial charge in [0.1, 0.15) is 0 Å². The zero-order valence-electron chi connectivity index (χ0n) is 8.93. The maximum Gasteiger partial charge on any atom is 0.390 e. The average Bonchev–Trinajstić information content (AvgIpc) is 2.13. The summed E-state index contributed by atoms with van der Waals surface area (Å²) in [5.41, 5.74) is 0. The molecule has 0 bridgehead atoms. The molecular weight excluding hydrogens is 211 g/mol. The van der Waals surface area contributed by atoms with Crippen molar-refractivity contribution in [3.05, 3.63) is 0 Å². The summed E-state index contributed by atoms with van der Waals surface area (Å²) in [6.45, 7) is 0.426. The molecule has 90 valence electrons. The quantitative estimate of drug-likeness (QED) is 0.648. The van der Waals surface area contributed by atoms with Crippen LogP contribution in [0.4, 0.5) is 13.2 Å². The molecule has 0 aromatic heterocycles. The Hall–Kier alpha value is -0.780. The predicted octanol–water partition coefficient (Wildman–Crippen LogP) is 1.82. The van der Waals surface area contributed by atoms with Crippen LogP contribution >= 0.6 is 0 Å². The van der Waals surface area contributed by atoms with Gasteiger partial charge in [0.15, 0.2) is 0 Å². The van der Waals surface area contributed by atoms with Crippen LogP contribution < -0.4 is 0 Å². The average molecular weight is 227 g/mol. The van der Waals surface area contributed by atoms with Gasteiger partial charge in [0, 0.05) is 13.0 Å². The molecule has 0 spiro atoms. The normalized spacial score (nSPS) is 11.9. The second-order valence-corrected chi connectivity index (χ2v) is 3.35. The molecule has 0 aliphatic carbocycles. The Labute approximate surface area is 87.2 Å². The van der Waals surface area contributed by atoms with Crippen LogP contribution in [-0.4, -0.2) is 44.3 Å². The van der Waals surface area contributed by atoms with Crippen molar-refractivity contribution in [1.29, 1.82) is 0 Å². The fraction of sp³-hybridized carbons (Fsp3) is 0.889. The molecule has 0 unspecified atom stereocenters. The fourth-order valence-corrected chi connectivity index (χ4v) is 1.02. The van der Waals surface area contributed by atoms with Gasteiger partial charge in [0.2, 0.25) is 0 Å². The van der Waals surface area contributed by atoms with E-state index in [-0.39, 0.29) is 18.9 Å². The number of hydrogen-bond donors (Lipinski definition) is 0. The predicted molar refractivity (Wildman–Crippen MR) is 49.4 cm³/mol. The van der Waals surface area contributed by atoms with E-state index < -0.39 is 12.6 Å². The maximum atomic E-state index is 11.8. The molecule has 0 N–H and O–H groups in total. The minimum Gasteiger partial charge on any atom is -0.469 e. The number of esters is 1. The molecule has 3 nitrogen and oxygen atoms in total. The standard InChI is InChI=1S/C9H16F3NO2/c1-13(7-5-9(10,11)12)6-3-4-8(14)15-2/h3-7H2,1-2H3. The van der Waals surface area contributed by atoms with Crippen LogP contribution in [0, 0.1) is 0 Å². The molecule has 0 saturated carbocycles. The number of methoxy groups -OCH3 is 1. The summed E-state index contributed by atoms with van der Waals surface area (Å²) in [6.07, 6.45) is -4.17. The second kappa shape index (κ2) is 6.66. The van der Waals surface area contributed by atoms with Gasteiger partial charge in [0.05, 0.1) is 13.5 Å². The number of hydrogen-bond acceptors (Lipinski definition) is 3. The molecule has 0 heterocycles. The molecule has 0 aliphatic heterocycles. The van der Waals surface area contributed by atoms with Crippen LogP contribution in [0.2, 0.25) is 0 Å². The van der Waals surface area contributed by atoms with Gasteiger partial charge in [-0.15, -0.1) is 0 Å². The Morgan fingerprint density at radius 2 is 1.93 bits per heavy atom. The molecule has 0 saturated heterocycles. The lowest BCUT2D eigenvalue weighted by Crippen LogP contribution is -2.25. The van der Waals surface area contributed by atoms with Crippen molar-refractivity contribution in [3.8, 4) is 0 Å². The first-order valence-electron chi connectivity index (χ1n) is 4.67. The van der Waals surface area contributed by atoms with Crippen LogP contribution in [0.25, 0.3) is 0 Å². The number of alkyl halides is 3. The van der Waals surface area contributed by atoms with E-state index >= 15 is 0 Å². The highest BCUT2D eigenvalue weighted by molar-refractivity contribution is 5.69. The lowest BCUT2D eigenvalue weighted by atomic mass is 10.3. The largest absolute Gasteiger partial charge is 0.469 e. The second-order valence-electron chi connectivity index (χ2n) is 3.35. The van der Waals surface area contributed by atoms with Gasteiger partial charge in [-0.2, -0.15) is 13.2 Å². The van der Waals surface area contributed by atoms with Crippen molar-refractivity contribution in [2.24, 2.45) is 0 Å². The number of rotatable bonds is 6. The van der Waals surface area contributed by atoms with Gasteiger partial charge in [-0.05, 0) is 20.0 Å². The van der Waals surface area contributed by atoms with E-state index in [4.69, 9.17) is 0 Å². The summed E-state index contributed by atoms with van der Waals surface area (Å²) in [5, 5.41) is 0. The zero-order valence-corrected chi connectivity index (χ0v) is 8.93. The first-order valence-corrected chi connectivity index (χ1v) is 4.67. The third kappa shape index (κ3) is 9.52. The molecule has 0 amide bonds. The number of carbonyl (C=O) groups is 1. The maximum absolute atomic E-state index is 11.8. The lowest BCUT2D eigenvalue weighted by Gasteiger charge is -2.16. The topological polar surface area (TPSA) is 29.5 Å². The van der Waals surface area contributed by atoms with Crippen LogP contribution in [0.3, 0.4) is 0 Å². The molecule has 0 aromatic carbocycles. The molecular formula is C9H16F3NO2. The molecule has 0 aromatic rings. The Morgan fingerprint density at radius 3 is 2.40 bits per heavy atom. The van der Waals surface area contributed by atoms with E-state index in [1.165, 1.54) is 7.11 Å². The molecule has 15 heavy (non-hydrogen) atoms. The van der Waals surface area contributed by atoms with Gasteiger partial charge in [-0.1, -0.05) is 0 Å². The molecule has 0 rings (SSSR count). The molecule has 0 radical (unpaired) electrons. The van der Waals surface area contributed by atoms with E-state index in [1.807, 2.05) is 0 Å². The minimum atomic E-state index is -4.11. The van der Waals surface area contributed by atoms with Gasteiger partial charge in [0.25, 0.3) is 0 Å². The summed E-state index contributed by atoms with van der Waals surface area (Å²) in [5.74, 6) is -0.334. The Morgan fingerprint density at radius 1 is 1.33 bits per heavy atom. The van der Waals surface area contributed by atoms with Gasteiger partial charge in [-0.25, -0.2) is 0 Å². The highest BCUT2D eigenvalue weighted by Crippen LogP contribution is 2.19. The van der Waals surface area contributed by atoms with E-state index in [2.05, 4.69) is 4.74 Å². The third-order valence-electron chi connectivity index (χ3n) is 1.93. The van der Waals surface area contributed by atoms with E-state index in [0.29, 0.717) is 13.0 Å². The van der Waals surface area contributed by atoms with Crippen LogP contribution in [0.15, 0.2) is 0 Å². The molecule has 0 atom stereocenters.